The van der Waals surface area contributed by atoms with Crippen LogP contribution in [0.1, 0.15) is 16.7 Å². The summed E-state index contributed by atoms with van der Waals surface area (Å²) in [7, 11) is 1.70. The maximum atomic E-state index is 7.61. The van der Waals surface area contributed by atoms with Gasteiger partial charge in [0.2, 0.25) is 0 Å². The van der Waals surface area contributed by atoms with Crippen molar-refractivity contribution in [3.8, 4) is 44.9 Å². The Hall–Kier alpha value is -6.84. The third-order valence-electron chi connectivity index (χ3n) is 10.7. The molecule has 0 aromatic heterocycles. The second-order valence-corrected chi connectivity index (χ2v) is 13.6. The number of hydrogen-bond donors (Lipinski definition) is 0. The van der Waals surface area contributed by atoms with Crippen LogP contribution >= 0.6 is 0 Å². The number of para-hydroxylation sites is 2. The first-order chi connectivity index (χ1) is 26.2. The van der Waals surface area contributed by atoms with Crippen molar-refractivity contribution >= 4 is 33.9 Å². The monoisotopic (exact) mass is 681 g/mol. The van der Waals surface area contributed by atoms with Crippen molar-refractivity contribution in [1.29, 1.82) is 0 Å². The molecule has 0 saturated carbocycles. The number of anilines is 3. The summed E-state index contributed by atoms with van der Waals surface area (Å²) >= 11 is 0. The summed E-state index contributed by atoms with van der Waals surface area (Å²) in [6.45, 7) is 0. The lowest BCUT2D eigenvalue weighted by Gasteiger charge is -2.38. The molecule has 0 amide bonds. The van der Waals surface area contributed by atoms with E-state index >= 15 is 0 Å². The van der Waals surface area contributed by atoms with Gasteiger partial charge in [0.1, 0.15) is 11.5 Å². The highest BCUT2D eigenvalue weighted by molar-refractivity contribution is 6.22. The highest BCUT2D eigenvalue weighted by Crippen LogP contribution is 2.58. The van der Waals surface area contributed by atoms with Crippen molar-refractivity contribution in [2.24, 2.45) is 0 Å². The Bertz CT molecular complexity index is 2610. The quantitative estimate of drug-likeness (QED) is 0.167. The van der Waals surface area contributed by atoms with E-state index in [9.17, 15) is 0 Å². The van der Waals surface area contributed by atoms with Gasteiger partial charge in [-0.25, -0.2) is 0 Å². The molecule has 0 radical (unpaired) electrons. The zero-order valence-electron chi connectivity index (χ0n) is 29.2. The molecule has 1 heterocycles. The number of hydrogen-bond acceptors (Lipinski definition) is 3. The van der Waals surface area contributed by atoms with E-state index in [1.165, 1.54) is 38.8 Å². The second-order valence-electron chi connectivity index (χ2n) is 13.6. The molecular formula is C50H35NO2. The largest absolute Gasteiger partial charge is 0.497 e. The van der Waals surface area contributed by atoms with Gasteiger partial charge in [0, 0.05) is 50.1 Å². The number of nitrogens with zero attached hydrogens (tertiary/aromatic N) is 1. The Morgan fingerprint density at radius 2 is 1.04 bits per heavy atom. The number of methoxy groups -OCH3 is 1. The first kappa shape index (κ1) is 30.9. The molecular weight excluding hydrogens is 647 g/mol. The summed E-state index contributed by atoms with van der Waals surface area (Å²) in [6.07, 6.45) is 4.54. The normalized spacial score (nSPS) is 15.0. The van der Waals surface area contributed by atoms with Crippen molar-refractivity contribution < 1.29 is 9.47 Å². The fourth-order valence-corrected chi connectivity index (χ4v) is 8.30. The van der Waals surface area contributed by atoms with Gasteiger partial charge in [0.05, 0.1) is 7.11 Å². The van der Waals surface area contributed by atoms with Crippen molar-refractivity contribution in [3.05, 3.63) is 205 Å². The van der Waals surface area contributed by atoms with Crippen molar-refractivity contribution in [1.82, 2.24) is 0 Å². The molecule has 0 bridgehead atoms. The zero-order valence-corrected chi connectivity index (χ0v) is 29.2. The van der Waals surface area contributed by atoms with E-state index < -0.39 is 5.60 Å². The van der Waals surface area contributed by atoms with Crippen LogP contribution in [0.25, 0.3) is 50.2 Å². The van der Waals surface area contributed by atoms with E-state index in [4.69, 9.17) is 9.47 Å². The van der Waals surface area contributed by atoms with Crippen LogP contribution in [0.4, 0.5) is 17.1 Å². The number of rotatable bonds is 7. The van der Waals surface area contributed by atoms with Crippen LogP contribution in [-0.2, 0) is 5.60 Å². The molecule has 252 valence electrons. The van der Waals surface area contributed by atoms with Gasteiger partial charge >= 0.3 is 0 Å². The predicted molar refractivity (Wildman–Crippen MR) is 218 cm³/mol. The lowest BCUT2D eigenvalue weighted by molar-refractivity contribution is 0.163. The van der Waals surface area contributed by atoms with Gasteiger partial charge in [-0.2, -0.15) is 0 Å². The molecule has 3 nitrogen and oxygen atoms in total. The first-order valence-electron chi connectivity index (χ1n) is 18.0. The fraction of sp³-hybridized carbons (Fsp3) is 0.0400. The zero-order chi connectivity index (χ0) is 35.4. The summed E-state index contributed by atoms with van der Waals surface area (Å²) in [6, 6.07) is 64.3. The van der Waals surface area contributed by atoms with Gasteiger partial charge in [0.25, 0.3) is 0 Å². The van der Waals surface area contributed by atoms with Crippen LogP contribution in [-0.4, -0.2) is 7.11 Å². The molecule has 1 aliphatic carbocycles. The topological polar surface area (TPSA) is 21.7 Å². The smallest absolute Gasteiger partial charge is 0.178 e. The van der Waals surface area contributed by atoms with E-state index in [1.807, 2.05) is 12.1 Å². The molecule has 8 aromatic rings. The van der Waals surface area contributed by atoms with Gasteiger partial charge in [-0.15, -0.1) is 0 Å². The minimum atomic E-state index is -0.915. The van der Waals surface area contributed by atoms with Crippen LogP contribution < -0.4 is 14.4 Å². The third-order valence-corrected chi connectivity index (χ3v) is 10.7. The van der Waals surface area contributed by atoms with E-state index in [1.54, 1.807) is 7.11 Å². The SMILES string of the molecule is COc1ccc(C2(c3ccc(N(c4ccccc4)c4ccccc4)cc3)C=Cc3c(-c4ccccc4)c4c5c(cccc5c3O2)-c2ccccc2-4)cc1. The van der Waals surface area contributed by atoms with Gasteiger partial charge in [0.15, 0.2) is 5.60 Å². The van der Waals surface area contributed by atoms with Crippen LogP contribution in [0.5, 0.6) is 11.5 Å². The lowest BCUT2D eigenvalue weighted by atomic mass is 9.80. The molecule has 8 aromatic carbocycles. The molecule has 2 aliphatic rings. The molecule has 0 saturated heterocycles. The number of fused-ring (bicyclic) bond motifs is 5. The summed E-state index contributed by atoms with van der Waals surface area (Å²) in [5.74, 6) is 1.69. The Balaban J connectivity index is 1.19. The Kier molecular flexibility index (Phi) is 7.26. The molecule has 10 rings (SSSR count). The molecule has 0 spiro atoms. The standard InChI is InChI=1S/C50H35NO2/c1-52-40-30-26-36(27-31-40)50(35-24-28-39(29-25-35)51(37-16-7-3-8-17-37)38-18-9-4-10-19-38)33-32-45-46(34-14-5-2-6-15-34)48-43-21-12-11-20-41(43)42-22-13-23-44(47(42)48)49(45)53-50/h2-33H,1H3. The summed E-state index contributed by atoms with van der Waals surface area (Å²) in [5, 5.41) is 2.35. The van der Waals surface area contributed by atoms with Gasteiger partial charge in [-0.1, -0.05) is 133 Å². The summed E-state index contributed by atoms with van der Waals surface area (Å²) < 4.78 is 13.2. The van der Waals surface area contributed by atoms with Gasteiger partial charge in [-0.3, -0.25) is 0 Å². The van der Waals surface area contributed by atoms with Crippen molar-refractivity contribution in [3.63, 3.8) is 0 Å². The van der Waals surface area contributed by atoms with Crippen LogP contribution in [0.15, 0.2) is 188 Å². The van der Waals surface area contributed by atoms with Gasteiger partial charge in [-0.05, 0) is 88.5 Å². The molecule has 53 heavy (non-hydrogen) atoms. The molecule has 0 fully saturated rings. The maximum absolute atomic E-state index is 7.61. The Morgan fingerprint density at radius 3 is 1.68 bits per heavy atom. The first-order valence-corrected chi connectivity index (χ1v) is 18.0. The predicted octanol–water partition coefficient (Wildman–Crippen LogP) is 13.0. The molecule has 1 aliphatic heterocycles. The maximum Gasteiger partial charge on any atom is 0.178 e. The fourth-order valence-electron chi connectivity index (χ4n) is 8.30. The van der Waals surface area contributed by atoms with E-state index in [-0.39, 0.29) is 0 Å². The number of ether oxygens (including phenoxy) is 2. The molecule has 1 unspecified atom stereocenters. The summed E-state index contributed by atoms with van der Waals surface area (Å²) in [5.41, 5.74) is 12.9. The van der Waals surface area contributed by atoms with Crippen LogP contribution in [0, 0.1) is 0 Å². The highest BCUT2D eigenvalue weighted by atomic mass is 16.5. The van der Waals surface area contributed by atoms with E-state index in [0.717, 1.165) is 50.6 Å². The molecule has 0 N–H and O–H groups in total. The van der Waals surface area contributed by atoms with Gasteiger partial charge < -0.3 is 14.4 Å². The van der Waals surface area contributed by atoms with Crippen molar-refractivity contribution in [2.75, 3.05) is 12.0 Å². The minimum Gasteiger partial charge on any atom is -0.497 e. The average molecular weight is 682 g/mol. The average Bonchev–Trinajstić information content (AvgIpc) is 3.57. The van der Waals surface area contributed by atoms with E-state index in [2.05, 4.69) is 187 Å². The van der Waals surface area contributed by atoms with E-state index in [0.29, 0.717) is 0 Å². The molecule has 1 atom stereocenters. The molecule has 3 heteroatoms. The second kappa shape index (κ2) is 12.4. The van der Waals surface area contributed by atoms with Crippen LogP contribution in [0.2, 0.25) is 0 Å². The highest BCUT2D eigenvalue weighted by Gasteiger charge is 2.40. The number of benzene rings is 8. The Labute approximate surface area is 309 Å². The van der Waals surface area contributed by atoms with Crippen LogP contribution in [0.3, 0.4) is 0 Å². The lowest BCUT2D eigenvalue weighted by Crippen LogP contribution is -2.34. The Morgan fingerprint density at radius 1 is 0.491 bits per heavy atom. The third kappa shape index (κ3) is 4.89. The van der Waals surface area contributed by atoms with Crippen molar-refractivity contribution in [2.45, 2.75) is 5.60 Å². The minimum absolute atomic E-state index is 0.801. The summed E-state index contributed by atoms with van der Waals surface area (Å²) in [4.78, 5) is 2.28.